The summed E-state index contributed by atoms with van der Waals surface area (Å²) in [5, 5.41) is 0. The summed E-state index contributed by atoms with van der Waals surface area (Å²) in [4.78, 5) is 15.6. The number of hydrogen-bond donors (Lipinski definition) is 0. The second kappa shape index (κ2) is 5.03. The van der Waals surface area contributed by atoms with Gasteiger partial charge < -0.3 is 9.47 Å². The number of carbonyl (C=O) groups excluding carboxylic acids is 1. The van der Waals surface area contributed by atoms with Crippen LogP contribution in [-0.2, 0) is 10.2 Å². The van der Waals surface area contributed by atoms with Gasteiger partial charge in [0, 0.05) is 120 Å². The Kier molecular flexibility index (Phi) is 3.22. The number of aryl methyl sites for hydroxylation is 1. The van der Waals surface area contributed by atoms with Crippen LogP contribution in [0.1, 0.15) is 152 Å². The standard InChI is InChI=1S/C22H29NO3.67H2/c1-10-9-14-11(2)18-15-7-8-16(24)21-22(15,12(3)13(4)23(18)5)17(14)20(26-21)19(10)25-6;;;;;;;;;;;;;;;;;;;;;;;;;;;;;;;;;;;;;;;;;;;;;;;;;;;;;;;;;;;;;;;;;;;/h9,11-13,15,18,21H,7-8H2,1-6H3;67*1H/t11?,12-,13?,15-,18+,21-,22-;;;;;;;;;;;;;;;;;;;;;;;;;;;;;;;;;;;;;;;;;;;;;;;;;;;;;;;;;;;;;;;;;;;/m0.................................................................../s1. The number of ketones is 1. The Bertz CT molecular complexity index is 898. The van der Waals surface area contributed by atoms with E-state index in [1.807, 2.05) is 0 Å². The van der Waals surface area contributed by atoms with E-state index in [0.29, 0.717) is 36.3 Å². The summed E-state index contributed by atoms with van der Waals surface area (Å²) in [6.45, 7) is 9.10. The molecule has 0 amide bonds. The van der Waals surface area contributed by atoms with Crippen LogP contribution in [0.3, 0.4) is 0 Å². The van der Waals surface area contributed by atoms with Gasteiger partial charge in [0.2, 0.25) is 0 Å². The van der Waals surface area contributed by atoms with E-state index in [0.717, 1.165) is 23.5 Å². The van der Waals surface area contributed by atoms with Crippen molar-refractivity contribution in [2.75, 3.05) is 14.2 Å². The van der Waals surface area contributed by atoms with E-state index in [1.165, 1.54) is 11.1 Å². The van der Waals surface area contributed by atoms with Crippen LogP contribution in [0.25, 0.3) is 0 Å². The van der Waals surface area contributed by atoms with Gasteiger partial charge in [-0.25, -0.2) is 0 Å². The molecule has 1 saturated carbocycles. The molecule has 5 rings (SSSR count). The lowest BCUT2D eigenvalue weighted by Gasteiger charge is -2.64. The Balaban J connectivity index is -0.00000000220. The van der Waals surface area contributed by atoms with E-state index < -0.39 is 0 Å². The van der Waals surface area contributed by atoms with Gasteiger partial charge in [-0.05, 0) is 56.2 Å². The first-order valence-corrected chi connectivity index (χ1v) is 9.98. The van der Waals surface area contributed by atoms with Gasteiger partial charge in [0.25, 0.3) is 0 Å². The third-order valence-corrected chi connectivity index (χ3v) is 8.37. The average Bonchev–Trinajstić information content (AvgIpc) is 2.97. The number of methoxy groups -OCH3 is 1. The zero-order chi connectivity index (χ0) is 18.5. The van der Waals surface area contributed by atoms with E-state index in [9.17, 15) is 4.79 Å². The van der Waals surface area contributed by atoms with Crippen molar-refractivity contribution >= 4 is 5.78 Å². The van der Waals surface area contributed by atoms with Crippen molar-refractivity contribution in [1.29, 1.82) is 0 Å². The van der Waals surface area contributed by atoms with Crippen molar-refractivity contribution in [3.05, 3.63) is 22.8 Å². The maximum absolute atomic E-state index is 13.0. The number of rotatable bonds is 1. The highest BCUT2D eigenvalue weighted by Gasteiger charge is 2.70. The highest BCUT2D eigenvalue weighted by Crippen LogP contribution is 2.68. The van der Waals surface area contributed by atoms with Crippen molar-refractivity contribution < 1.29 is 110 Å². The Morgan fingerprint density at radius 3 is 2.77 bits per heavy atom. The smallest absolute Gasteiger partial charge is 0.174 e. The van der Waals surface area contributed by atoms with Gasteiger partial charge in [0.1, 0.15) is 0 Å². The molecule has 2 aliphatic heterocycles. The summed E-state index contributed by atoms with van der Waals surface area (Å²) < 4.78 is 12.3. The molecular weight excluding hydrogens is 326 g/mol. The molecule has 274 valence electrons. The summed E-state index contributed by atoms with van der Waals surface area (Å²) in [5.74, 6) is 3.23. The number of likely N-dealkylation sites (tertiary alicyclic amines) is 1. The quantitative estimate of drug-likeness (QED) is 0.392. The van der Waals surface area contributed by atoms with Crippen LogP contribution in [0.15, 0.2) is 6.07 Å². The fourth-order valence-corrected chi connectivity index (χ4v) is 7.14. The molecule has 0 radical (unpaired) electrons. The molecule has 26 heavy (non-hydrogen) atoms. The van der Waals surface area contributed by atoms with Crippen LogP contribution in [0.5, 0.6) is 11.5 Å². The predicted octanol–water partition coefficient (Wildman–Crippen LogP) is 19.9. The molecule has 1 spiro atoms. The monoisotopic (exact) mass is 490 g/mol. The molecule has 1 aromatic rings. The highest BCUT2D eigenvalue weighted by atomic mass is 16.5. The molecule has 2 unspecified atom stereocenters. The number of nitrogens with zero attached hydrogens (tertiary/aromatic N) is 1. The van der Waals surface area contributed by atoms with Crippen LogP contribution in [-0.4, -0.2) is 43.0 Å². The second-order valence-electron chi connectivity index (χ2n) is 9.04. The lowest BCUT2D eigenvalue weighted by molar-refractivity contribution is -0.149. The third-order valence-electron chi connectivity index (χ3n) is 8.37. The summed E-state index contributed by atoms with van der Waals surface area (Å²) >= 11 is 0. The summed E-state index contributed by atoms with van der Waals surface area (Å²) in [5.41, 5.74) is 3.60. The number of likely N-dealkylation sites (N-methyl/N-ethyl adjacent to an activating group) is 1. The zero-order valence-electron chi connectivity index (χ0n) is 16.6. The van der Waals surface area contributed by atoms with Crippen LogP contribution in [0.2, 0.25) is 0 Å². The van der Waals surface area contributed by atoms with E-state index in [1.54, 1.807) is 7.11 Å². The number of piperidine rings is 1. The zero-order valence-corrected chi connectivity index (χ0v) is 16.6. The SMILES string of the molecule is COc1c(C)cc2c3c1O[C@H]1C(=O)CC[C@H]4[C@@H](C2C)N(C)C(C)[C@H](C)[C@]314.[HH].[HH].[HH].[HH].[HH].[HH].[HH].[HH].[HH].[HH].[HH].[HH].[HH].[HH].[HH].[HH].[HH].[HH].[HH].[HH].[HH].[HH].[HH].[HH].[HH].[HH].[HH].[HH].[HH].[HH].[HH].[HH].[HH].[HH].[HH].[HH].[HH].[HH].[HH].[HH].[HH].[HH].[HH].[HH].[HH].[HH].[HH].[HH].[HH].[HH].[HH].[HH].[HH].[HH].[HH].[HH].[HH].[HH].[HH].[HH].[HH].[HH].[HH].[HH].[HH].[HH].[HH]. The molecule has 4 nitrogen and oxygen atoms in total. The Hall–Kier alpha value is -1.55. The molecule has 7 atom stereocenters. The molecular formula is C22H163NO3. The van der Waals surface area contributed by atoms with Crippen molar-refractivity contribution in [3.8, 4) is 11.5 Å². The number of benzene rings is 1. The summed E-state index contributed by atoms with van der Waals surface area (Å²) in [7, 11) is 3.99. The first-order chi connectivity index (χ1) is 12.4. The van der Waals surface area contributed by atoms with Gasteiger partial charge in [0.15, 0.2) is 23.4 Å². The molecule has 4 heteroatoms. The third kappa shape index (κ3) is 1.56. The van der Waals surface area contributed by atoms with Gasteiger partial charge in [0.05, 0.1) is 12.5 Å². The maximum Gasteiger partial charge on any atom is 0.174 e. The molecule has 0 N–H and O–H groups in total. The number of hydrogen-bond acceptors (Lipinski definition) is 4. The van der Waals surface area contributed by atoms with Crippen molar-refractivity contribution in [3.63, 3.8) is 0 Å². The Morgan fingerprint density at radius 1 is 1.35 bits per heavy atom. The fourth-order valence-electron chi connectivity index (χ4n) is 7.14. The lowest BCUT2D eigenvalue weighted by atomic mass is 9.45. The topological polar surface area (TPSA) is 38.8 Å². The molecule has 0 aromatic heterocycles. The van der Waals surface area contributed by atoms with Gasteiger partial charge in [-0.15, -0.1) is 0 Å². The minimum atomic E-state index is -0.341. The minimum absolute atomic E-state index is 0. The van der Waals surface area contributed by atoms with E-state index in [4.69, 9.17) is 9.47 Å². The van der Waals surface area contributed by atoms with Gasteiger partial charge in [-0.3, -0.25) is 9.69 Å². The summed E-state index contributed by atoms with van der Waals surface area (Å²) in [6.07, 6.45) is 1.27. The fraction of sp³-hybridized carbons (Fsp3) is 0.682. The minimum Gasteiger partial charge on any atom is -0.493 e. The van der Waals surface area contributed by atoms with Crippen LogP contribution < -0.4 is 9.47 Å². The predicted molar refractivity (Wildman–Crippen MR) is 242 cm³/mol. The first-order valence-electron chi connectivity index (χ1n) is 9.98. The van der Waals surface area contributed by atoms with Crippen LogP contribution >= 0.6 is 0 Å². The van der Waals surface area contributed by atoms with Crippen molar-refractivity contribution in [2.45, 2.75) is 70.1 Å². The average molecular weight is 491 g/mol. The highest BCUT2D eigenvalue weighted by molar-refractivity contribution is 5.89. The maximum atomic E-state index is 13.0. The second-order valence-corrected chi connectivity index (χ2v) is 9.04. The van der Waals surface area contributed by atoms with Crippen molar-refractivity contribution in [1.82, 2.24) is 4.90 Å². The molecule has 1 aromatic carbocycles. The lowest BCUT2D eigenvalue weighted by Crippen LogP contribution is -2.71. The normalized spacial score (nSPS) is 43.1. The number of ether oxygens (including phenoxy) is 2. The summed E-state index contributed by atoms with van der Waals surface area (Å²) in [6, 6.07) is 3.18. The largest absolute Gasteiger partial charge is 0.493 e. The van der Waals surface area contributed by atoms with E-state index in [-0.39, 0.29) is 113 Å². The number of Topliss-reactive ketones (excluding diaryl/α,β-unsaturated/α-hetero) is 1. The number of carbonyl (C=O) groups is 1. The molecule has 2 fully saturated rings. The van der Waals surface area contributed by atoms with Crippen LogP contribution in [0, 0.1) is 18.8 Å². The molecule has 2 aliphatic carbocycles. The van der Waals surface area contributed by atoms with Gasteiger partial charge in [-0.2, -0.15) is 0 Å². The van der Waals surface area contributed by atoms with Gasteiger partial charge in [-0.1, -0.05) is 19.9 Å². The molecule has 4 aliphatic rings. The molecule has 2 bridgehead atoms. The van der Waals surface area contributed by atoms with Gasteiger partial charge >= 0.3 is 0 Å². The van der Waals surface area contributed by atoms with E-state index >= 15 is 0 Å². The van der Waals surface area contributed by atoms with Crippen molar-refractivity contribution in [2.24, 2.45) is 11.8 Å². The Labute approximate surface area is 255 Å². The molecule has 2 heterocycles. The Morgan fingerprint density at radius 2 is 2.08 bits per heavy atom. The molecule has 1 saturated heterocycles. The first kappa shape index (κ1) is 16.6. The van der Waals surface area contributed by atoms with Crippen LogP contribution in [0.4, 0.5) is 0 Å². The van der Waals surface area contributed by atoms with E-state index in [2.05, 4.69) is 45.7 Å².